The van der Waals surface area contributed by atoms with E-state index in [1.165, 1.54) is 6.33 Å². The number of nitrogens with zero attached hydrogens (tertiary/aromatic N) is 4. The van der Waals surface area contributed by atoms with Crippen LogP contribution in [-0.2, 0) is 0 Å². The van der Waals surface area contributed by atoms with Crippen LogP contribution >= 0.6 is 11.6 Å². The molecule has 0 atom stereocenters. The molecule has 0 saturated heterocycles. The lowest BCUT2D eigenvalue weighted by atomic mass is 10.2. The van der Waals surface area contributed by atoms with Crippen molar-refractivity contribution in [3.05, 3.63) is 41.6 Å². The molecule has 7 nitrogen and oxygen atoms in total. The van der Waals surface area contributed by atoms with Gasteiger partial charge in [-0.1, -0.05) is 16.8 Å². The second-order valence-corrected chi connectivity index (χ2v) is 4.84. The number of aryl methyl sites for hydroxylation is 1. The van der Waals surface area contributed by atoms with E-state index in [4.69, 9.17) is 20.9 Å². The zero-order chi connectivity index (χ0) is 15.5. The van der Waals surface area contributed by atoms with Gasteiger partial charge < -0.3 is 14.6 Å². The third-order valence-electron chi connectivity index (χ3n) is 2.88. The van der Waals surface area contributed by atoms with Crippen LogP contribution < -0.4 is 10.1 Å². The highest BCUT2D eigenvalue weighted by molar-refractivity contribution is 6.31. The lowest BCUT2D eigenvalue weighted by molar-refractivity contribution is 0.416. The molecule has 3 aromatic rings. The molecule has 0 spiro atoms. The van der Waals surface area contributed by atoms with Gasteiger partial charge in [0.15, 0.2) is 5.82 Å². The summed E-state index contributed by atoms with van der Waals surface area (Å²) in [5, 5.41) is 7.50. The predicted octanol–water partition coefficient (Wildman–Crippen LogP) is 3.24. The minimum Gasteiger partial charge on any atom is -0.495 e. The Morgan fingerprint density at radius 2 is 2.18 bits per heavy atom. The maximum absolute atomic E-state index is 6.03. The number of aromatic nitrogens is 4. The number of nitrogens with one attached hydrogen (secondary N) is 1. The van der Waals surface area contributed by atoms with Crippen molar-refractivity contribution in [1.82, 2.24) is 20.1 Å². The first-order valence-electron chi connectivity index (χ1n) is 6.38. The van der Waals surface area contributed by atoms with Crippen molar-refractivity contribution in [1.29, 1.82) is 0 Å². The Morgan fingerprint density at radius 3 is 2.91 bits per heavy atom. The highest BCUT2D eigenvalue weighted by Crippen LogP contribution is 2.33. The van der Waals surface area contributed by atoms with Crippen LogP contribution in [0.15, 0.2) is 35.2 Å². The van der Waals surface area contributed by atoms with Crippen LogP contribution in [0.3, 0.4) is 0 Å². The van der Waals surface area contributed by atoms with E-state index in [2.05, 4.69) is 25.4 Å². The number of rotatable bonds is 4. The van der Waals surface area contributed by atoms with Crippen LogP contribution in [-0.4, -0.2) is 27.2 Å². The fraction of sp³-hybridized carbons (Fsp3) is 0.143. The quantitative estimate of drug-likeness (QED) is 0.790. The summed E-state index contributed by atoms with van der Waals surface area (Å²) < 4.78 is 10.5. The van der Waals surface area contributed by atoms with Gasteiger partial charge in [0.2, 0.25) is 0 Å². The van der Waals surface area contributed by atoms with Gasteiger partial charge in [-0.2, -0.15) is 4.98 Å². The first kappa shape index (κ1) is 14.3. The van der Waals surface area contributed by atoms with Crippen molar-refractivity contribution < 1.29 is 9.26 Å². The molecule has 0 fully saturated rings. The molecule has 8 heteroatoms. The van der Waals surface area contributed by atoms with Crippen molar-refractivity contribution in [3.8, 4) is 17.2 Å². The summed E-state index contributed by atoms with van der Waals surface area (Å²) in [6.07, 6.45) is 3.02. The van der Waals surface area contributed by atoms with Gasteiger partial charge in [-0.25, -0.2) is 9.97 Å². The molecule has 0 aliphatic heterocycles. The van der Waals surface area contributed by atoms with Gasteiger partial charge in [-0.15, -0.1) is 0 Å². The third-order valence-corrected chi connectivity index (χ3v) is 3.12. The van der Waals surface area contributed by atoms with Crippen molar-refractivity contribution >= 4 is 23.1 Å². The molecule has 0 radical (unpaired) electrons. The largest absolute Gasteiger partial charge is 0.495 e. The molecule has 22 heavy (non-hydrogen) atoms. The number of hydrogen-bond donors (Lipinski definition) is 1. The summed E-state index contributed by atoms with van der Waals surface area (Å²) in [6.45, 7) is 1.74. The fourth-order valence-corrected chi connectivity index (χ4v) is 2.07. The smallest absolute Gasteiger partial charge is 0.263 e. The Balaban J connectivity index is 2.02. The Morgan fingerprint density at radius 1 is 1.32 bits per heavy atom. The fourth-order valence-electron chi connectivity index (χ4n) is 1.90. The number of benzene rings is 1. The average molecular weight is 318 g/mol. The monoisotopic (exact) mass is 317 g/mol. The molecule has 0 amide bonds. The molecule has 0 aliphatic rings. The molecule has 2 aromatic heterocycles. The topological polar surface area (TPSA) is 86.0 Å². The van der Waals surface area contributed by atoms with E-state index >= 15 is 0 Å². The molecule has 1 aromatic carbocycles. The Bertz CT molecular complexity index is 805. The van der Waals surface area contributed by atoms with Gasteiger partial charge in [-0.05, 0) is 25.1 Å². The van der Waals surface area contributed by atoms with Gasteiger partial charge in [0.1, 0.15) is 23.5 Å². The van der Waals surface area contributed by atoms with E-state index in [0.29, 0.717) is 39.6 Å². The summed E-state index contributed by atoms with van der Waals surface area (Å²) >= 11 is 6.03. The minimum absolute atomic E-state index is 0.335. The number of ether oxygens (including phenoxy) is 1. The highest BCUT2D eigenvalue weighted by atomic mass is 35.5. The van der Waals surface area contributed by atoms with E-state index < -0.39 is 0 Å². The predicted molar refractivity (Wildman–Crippen MR) is 81.3 cm³/mol. The molecule has 1 N–H and O–H groups in total. The first-order valence-corrected chi connectivity index (χ1v) is 6.76. The molecule has 3 rings (SSSR count). The number of hydrogen-bond acceptors (Lipinski definition) is 7. The maximum Gasteiger partial charge on any atom is 0.263 e. The SMILES string of the molecule is COc1ccc(Cl)cc1Nc1ncncc1-c1nc(C)no1. The van der Waals surface area contributed by atoms with Crippen LogP contribution in [0.1, 0.15) is 5.82 Å². The standard InChI is InChI=1S/C14H12ClN5O2/c1-8-18-14(22-20-8)10-6-16-7-17-13(10)19-11-5-9(15)3-4-12(11)21-2/h3-7H,1-2H3,(H,16,17,19). The zero-order valence-corrected chi connectivity index (χ0v) is 12.6. The molecule has 0 unspecified atom stereocenters. The van der Waals surface area contributed by atoms with E-state index in [1.807, 2.05) is 0 Å². The van der Waals surface area contributed by atoms with E-state index in [-0.39, 0.29) is 0 Å². The average Bonchev–Trinajstić information content (AvgIpc) is 2.94. The molecular formula is C14H12ClN5O2. The first-order chi connectivity index (χ1) is 10.7. The molecule has 0 saturated carbocycles. The van der Waals surface area contributed by atoms with Crippen molar-refractivity contribution in [2.24, 2.45) is 0 Å². The third kappa shape index (κ3) is 2.84. The molecule has 112 valence electrons. The molecule has 0 bridgehead atoms. The van der Waals surface area contributed by atoms with Crippen LogP contribution in [0.25, 0.3) is 11.5 Å². The second kappa shape index (κ2) is 5.98. The number of anilines is 2. The summed E-state index contributed by atoms with van der Waals surface area (Å²) in [6, 6.07) is 5.25. The second-order valence-electron chi connectivity index (χ2n) is 4.40. The minimum atomic E-state index is 0.335. The van der Waals surface area contributed by atoms with Crippen LogP contribution in [0.5, 0.6) is 5.75 Å². The number of halogens is 1. The molecular weight excluding hydrogens is 306 g/mol. The van der Waals surface area contributed by atoms with Crippen molar-refractivity contribution in [3.63, 3.8) is 0 Å². The Labute approximate surface area is 131 Å². The van der Waals surface area contributed by atoms with Gasteiger partial charge in [0.05, 0.1) is 12.8 Å². The van der Waals surface area contributed by atoms with E-state index in [9.17, 15) is 0 Å². The number of methoxy groups -OCH3 is 1. The van der Waals surface area contributed by atoms with Crippen LogP contribution in [0.2, 0.25) is 5.02 Å². The van der Waals surface area contributed by atoms with Gasteiger partial charge >= 0.3 is 0 Å². The Hall–Kier alpha value is -2.67. The van der Waals surface area contributed by atoms with Gasteiger partial charge in [-0.3, -0.25) is 0 Å². The normalized spacial score (nSPS) is 10.5. The molecule has 0 aliphatic carbocycles. The summed E-state index contributed by atoms with van der Waals surface area (Å²) in [7, 11) is 1.58. The van der Waals surface area contributed by atoms with Crippen LogP contribution in [0, 0.1) is 6.92 Å². The summed E-state index contributed by atoms with van der Waals surface area (Å²) in [5.41, 5.74) is 1.26. The molecule has 2 heterocycles. The van der Waals surface area contributed by atoms with Crippen molar-refractivity contribution in [2.45, 2.75) is 6.92 Å². The summed E-state index contributed by atoms with van der Waals surface area (Å²) in [4.78, 5) is 12.4. The van der Waals surface area contributed by atoms with Gasteiger partial charge in [0.25, 0.3) is 5.89 Å². The van der Waals surface area contributed by atoms with Gasteiger partial charge in [0, 0.05) is 11.2 Å². The van der Waals surface area contributed by atoms with E-state index in [0.717, 1.165) is 0 Å². The van der Waals surface area contributed by atoms with Crippen molar-refractivity contribution in [2.75, 3.05) is 12.4 Å². The maximum atomic E-state index is 6.03. The van der Waals surface area contributed by atoms with E-state index in [1.54, 1.807) is 38.4 Å². The van der Waals surface area contributed by atoms with Crippen LogP contribution in [0.4, 0.5) is 11.5 Å². The lowest BCUT2D eigenvalue weighted by Gasteiger charge is -2.12. The highest BCUT2D eigenvalue weighted by Gasteiger charge is 2.15. The Kier molecular flexibility index (Phi) is 3.88. The summed E-state index contributed by atoms with van der Waals surface area (Å²) in [5.74, 6) is 2.02. The lowest BCUT2D eigenvalue weighted by Crippen LogP contribution is -1.99. The zero-order valence-electron chi connectivity index (χ0n) is 11.9.